The Kier molecular flexibility index (Phi) is 5.69. The van der Waals surface area contributed by atoms with Crippen LogP contribution >= 0.6 is 23.4 Å². The number of hydrogen-bond acceptors (Lipinski definition) is 3. The van der Waals surface area contributed by atoms with Gasteiger partial charge in [-0.3, -0.25) is 4.79 Å². The molecule has 0 spiro atoms. The fourth-order valence-corrected chi connectivity index (χ4v) is 3.71. The van der Waals surface area contributed by atoms with Crippen molar-refractivity contribution >= 4 is 29.3 Å². The van der Waals surface area contributed by atoms with Crippen LogP contribution < -0.4 is 10.1 Å². The van der Waals surface area contributed by atoms with Crippen LogP contribution in [0.15, 0.2) is 47.4 Å². The van der Waals surface area contributed by atoms with E-state index >= 15 is 0 Å². The first-order chi connectivity index (χ1) is 11.7. The molecule has 0 fully saturated rings. The Bertz CT molecular complexity index is 718. The van der Waals surface area contributed by atoms with Crippen LogP contribution in [0.25, 0.3) is 0 Å². The molecule has 0 saturated carbocycles. The molecule has 3 rings (SSSR count). The minimum absolute atomic E-state index is 0.0140. The molecule has 0 bridgehead atoms. The van der Waals surface area contributed by atoms with Gasteiger partial charge in [0.1, 0.15) is 5.75 Å². The number of thioether (sulfide) groups is 1. The average Bonchev–Trinajstić information content (AvgIpc) is 2.60. The predicted octanol–water partition coefficient (Wildman–Crippen LogP) is 4.58. The van der Waals surface area contributed by atoms with E-state index in [4.69, 9.17) is 16.3 Å². The molecule has 0 unspecified atom stereocenters. The van der Waals surface area contributed by atoms with Gasteiger partial charge in [-0.05, 0) is 54.8 Å². The van der Waals surface area contributed by atoms with Crippen molar-refractivity contribution in [3.63, 3.8) is 0 Å². The van der Waals surface area contributed by atoms with Crippen LogP contribution in [0.1, 0.15) is 29.3 Å². The Morgan fingerprint density at radius 1 is 1.25 bits per heavy atom. The fourth-order valence-electron chi connectivity index (χ4n) is 2.66. The summed E-state index contributed by atoms with van der Waals surface area (Å²) in [7, 11) is 0. The zero-order valence-electron chi connectivity index (χ0n) is 13.5. The fraction of sp³-hybridized carbons (Fsp3) is 0.316. The number of hydrogen-bond donors (Lipinski definition) is 1. The van der Waals surface area contributed by atoms with Crippen LogP contribution in [-0.4, -0.2) is 24.3 Å². The minimum Gasteiger partial charge on any atom is -0.494 e. The summed E-state index contributed by atoms with van der Waals surface area (Å²) in [5.41, 5.74) is 1.82. The molecule has 0 aliphatic carbocycles. The highest BCUT2D eigenvalue weighted by Gasteiger charge is 2.24. The number of fused-ring (bicyclic) bond motifs is 1. The van der Waals surface area contributed by atoms with Crippen LogP contribution in [0, 0.1) is 0 Å². The van der Waals surface area contributed by atoms with Gasteiger partial charge in [0.25, 0.3) is 5.91 Å². The smallest absolute Gasteiger partial charge is 0.251 e. The van der Waals surface area contributed by atoms with E-state index in [2.05, 4.69) is 12.2 Å². The van der Waals surface area contributed by atoms with E-state index < -0.39 is 0 Å². The molecule has 2 aromatic carbocycles. The van der Waals surface area contributed by atoms with Crippen LogP contribution in [0.3, 0.4) is 0 Å². The Labute approximate surface area is 151 Å². The maximum atomic E-state index is 12.4. The highest BCUT2D eigenvalue weighted by molar-refractivity contribution is 7.99. The number of amides is 1. The van der Waals surface area contributed by atoms with Crippen molar-refractivity contribution < 1.29 is 9.53 Å². The largest absolute Gasteiger partial charge is 0.494 e. The van der Waals surface area contributed by atoms with Gasteiger partial charge in [-0.1, -0.05) is 24.6 Å². The maximum Gasteiger partial charge on any atom is 0.251 e. The van der Waals surface area contributed by atoms with Crippen molar-refractivity contribution in [3.05, 3.63) is 58.6 Å². The number of ether oxygens (including phenoxy) is 1. The Balaban J connectivity index is 1.63. The van der Waals surface area contributed by atoms with Crippen molar-refractivity contribution in [1.29, 1.82) is 0 Å². The number of carbonyl (C=O) groups is 1. The molecule has 0 saturated heterocycles. The standard InChI is InChI=1S/C19H20ClNO2S/c1-2-9-23-16-6-3-13-10-15(21-19(22)18(13)11-16)12-24-17-7-4-14(20)5-8-17/h3-8,11,15H,2,9-10,12H2,1H3,(H,21,22)/t15-/m0/s1. The number of nitrogens with one attached hydrogen (secondary N) is 1. The summed E-state index contributed by atoms with van der Waals surface area (Å²) in [5, 5.41) is 3.83. The summed E-state index contributed by atoms with van der Waals surface area (Å²) in [5.74, 6) is 1.58. The van der Waals surface area contributed by atoms with E-state index in [0.717, 1.165) is 45.4 Å². The number of carbonyl (C=O) groups excluding carboxylic acids is 1. The third-order valence-electron chi connectivity index (χ3n) is 3.87. The molecular formula is C19H20ClNO2S. The second-order valence-corrected chi connectivity index (χ2v) is 7.34. The van der Waals surface area contributed by atoms with Gasteiger partial charge >= 0.3 is 0 Å². The lowest BCUT2D eigenvalue weighted by Crippen LogP contribution is -2.42. The van der Waals surface area contributed by atoms with Gasteiger partial charge < -0.3 is 10.1 Å². The number of benzene rings is 2. The number of rotatable bonds is 6. The summed E-state index contributed by atoms with van der Waals surface area (Å²) in [6.07, 6.45) is 1.79. The zero-order chi connectivity index (χ0) is 16.9. The molecule has 1 N–H and O–H groups in total. The van der Waals surface area contributed by atoms with Gasteiger partial charge in [0.05, 0.1) is 6.61 Å². The van der Waals surface area contributed by atoms with Gasteiger partial charge in [0, 0.05) is 27.3 Å². The molecule has 0 aromatic heterocycles. The molecule has 3 nitrogen and oxygen atoms in total. The minimum atomic E-state index is -0.0140. The van der Waals surface area contributed by atoms with E-state index in [1.165, 1.54) is 0 Å². The van der Waals surface area contributed by atoms with E-state index in [9.17, 15) is 4.79 Å². The Hall–Kier alpha value is -1.65. The molecule has 0 radical (unpaired) electrons. The first-order valence-electron chi connectivity index (χ1n) is 8.10. The van der Waals surface area contributed by atoms with Crippen molar-refractivity contribution in [2.24, 2.45) is 0 Å². The molecule has 1 amide bonds. The quantitative estimate of drug-likeness (QED) is 0.765. The van der Waals surface area contributed by atoms with Gasteiger partial charge in [-0.25, -0.2) is 0 Å². The van der Waals surface area contributed by atoms with Crippen molar-refractivity contribution in [2.45, 2.75) is 30.7 Å². The second-order valence-electron chi connectivity index (χ2n) is 5.81. The predicted molar refractivity (Wildman–Crippen MR) is 99.4 cm³/mol. The van der Waals surface area contributed by atoms with E-state index in [-0.39, 0.29) is 11.9 Å². The normalized spacial score (nSPS) is 16.4. The lowest BCUT2D eigenvalue weighted by atomic mass is 9.96. The number of halogens is 1. The van der Waals surface area contributed by atoms with Gasteiger partial charge in [0.2, 0.25) is 0 Å². The molecule has 1 heterocycles. The molecule has 1 atom stereocenters. The average molecular weight is 362 g/mol. The summed E-state index contributed by atoms with van der Waals surface area (Å²) in [4.78, 5) is 13.5. The summed E-state index contributed by atoms with van der Waals surface area (Å²) >= 11 is 7.63. The highest BCUT2D eigenvalue weighted by atomic mass is 35.5. The molecular weight excluding hydrogens is 342 g/mol. The van der Waals surface area contributed by atoms with E-state index in [0.29, 0.717) is 6.61 Å². The first kappa shape index (κ1) is 17.2. The molecule has 126 valence electrons. The topological polar surface area (TPSA) is 38.3 Å². The summed E-state index contributed by atoms with van der Waals surface area (Å²) in [6, 6.07) is 13.7. The zero-order valence-corrected chi connectivity index (χ0v) is 15.1. The van der Waals surface area contributed by atoms with Gasteiger partial charge in [-0.15, -0.1) is 11.8 Å². The first-order valence-corrected chi connectivity index (χ1v) is 9.47. The lowest BCUT2D eigenvalue weighted by molar-refractivity contribution is 0.0929. The third-order valence-corrected chi connectivity index (χ3v) is 5.29. The van der Waals surface area contributed by atoms with Crippen molar-refractivity contribution in [2.75, 3.05) is 12.4 Å². The molecule has 1 aliphatic heterocycles. The van der Waals surface area contributed by atoms with E-state index in [1.54, 1.807) is 11.8 Å². The van der Waals surface area contributed by atoms with Crippen molar-refractivity contribution in [3.8, 4) is 5.75 Å². The van der Waals surface area contributed by atoms with Crippen LogP contribution in [-0.2, 0) is 6.42 Å². The lowest BCUT2D eigenvalue weighted by Gasteiger charge is -2.26. The van der Waals surface area contributed by atoms with Crippen LogP contribution in [0.5, 0.6) is 5.75 Å². The van der Waals surface area contributed by atoms with Gasteiger partial charge in [0.15, 0.2) is 0 Å². The van der Waals surface area contributed by atoms with E-state index in [1.807, 2.05) is 42.5 Å². The maximum absolute atomic E-state index is 12.4. The van der Waals surface area contributed by atoms with Crippen LogP contribution in [0.4, 0.5) is 0 Å². The molecule has 1 aliphatic rings. The Morgan fingerprint density at radius 3 is 2.79 bits per heavy atom. The SMILES string of the molecule is CCCOc1ccc2c(c1)C(=O)N[C@H](CSc1ccc(Cl)cc1)C2. The summed E-state index contributed by atoms with van der Waals surface area (Å²) in [6.45, 7) is 2.73. The summed E-state index contributed by atoms with van der Waals surface area (Å²) < 4.78 is 5.62. The second kappa shape index (κ2) is 7.95. The van der Waals surface area contributed by atoms with Gasteiger partial charge in [-0.2, -0.15) is 0 Å². The van der Waals surface area contributed by atoms with Crippen LogP contribution in [0.2, 0.25) is 5.02 Å². The Morgan fingerprint density at radius 2 is 2.04 bits per heavy atom. The third kappa shape index (κ3) is 4.25. The molecule has 5 heteroatoms. The molecule has 24 heavy (non-hydrogen) atoms. The molecule has 2 aromatic rings. The monoisotopic (exact) mass is 361 g/mol. The highest BCUT2D eigenvalue weighted by Crippen LogP contribution is 2.26. The van der Waals surface area contributed by atoms with Crippen molar-refractivity contribution in [1.82, 2.24) is 5.32 Å².